The van der Waals surface area contributed by atoms with E-state index in [1.807, 2.05) is 39.0 Å². The molecular weight excluding hydrogens is 887 g/mol. The smallest absolute Gasteiger partial charge is 0.329 e. The summed E-state index contributed by atoms with van der Waals surface area (Å²) in [7, 11) is 3.01. The Morgan fingerprint density at radius 1 is 0.928 bits per heavy atom. The Hall–Kier alpha value is -4.55. The topological polar surface area (TPSA) is 227 Å². The van der Waals surface area contributed by atoms with Crippen molar-refractivity contribution in [2.75, 3.05) is 20.8 Å². The number of aldehydes is 1. The van der Waals surface area contributed by atoms with Gasteiger partial charge in [-0.05, 0) is 113 Å². The number of Topliss-reactive ketones (excluding diaryl/α,β-unsaturated/α-hetero) is 3. The Balaban J connectivity index is 1.46. The number of esters is 1. The average molecular weight is 964 g/mol. The standard InChI is InChI=1S/C52H77N5O12/c1-31-15-11-10-12-16-32(2)39(29-58)27-40-20-18-37(7)52(65,69-40)49(62)50(63)56-22-14-13-17-42(56)51(64)68-44(34(4)25-38-19-21-41(45(26-38)66-8)57-54-30-53-55-57)28-43(59)33(3)24-36(6)47(61)48(67-9)46(60)35(5)23-31/h10-12,15-16,24,29-31,33-35,37-42,44-45,47-48,61,65H,13-14,17-23,25-28H2,1-9H3/b12-10+,15-11+,32-16+,36-24+/t31-,33-,34-,35-,37-,38+,39-,40+,41+,42+,44+,45-,47-,48+,52-/m1/s1. The molecule has 2 bridgehead atoms. The van der Waals surface area contributed by atoms with Crippen molar-refractivity contribution >= 4 is 35.5 Å². The molecule has 0 radical (unpaired) electrons. The summed E-state index contributed by atoms with van der Waals surface area (Å²) < 4.78 is 23.9. The lowest BCUT2D eigenvalue weighted by Crippen LogP contribution is -2.60. The van der Waals surface area contributed by atoms with Crippen molar-refractivity contribution in [3.63, 3.8) is 0 Å². The van der Waals surface area contributed by atoms with Gasteiger partial charge in [0.05, 0.1) is 18.2 Å². The van der Waals surface area contributed by atoms with Gasteiger partial charge in [0, 0.05) is 50.9 Å². The molecule has 17 nitrogen and oxygen atoms in total. The number of cyclic esters (lactones) is 1. The van der Waals surface area contributed by atoms with Crippen LogP contribution in [-0.2, 0) is 47.7 Å². The first-order valence-corrected chi connectivity index (χ1v) is 25.0. The monoisotopic (exact) mass is 964 g/mol. The van der Waals surface area contributed by atoms with Crippen LogP contribution >= 0.6 is 0 Å². The van der Waals surface area contributed by atoms with E-state index < -0.39 is 77.6 Å². The number of rotatable bonds is 7. The molecule has 69 heavy (non-hydrogen) atoms. The van der Waals surface area contributed by atoms with Crippen LogP contribution in [0.2, 0.25) is 0 Å². The Kier molecular flexibility index (Phi) is 20.5. The minimum Gasteiger partial charge on any atom is -0.460 e. The van der Waals surface area contributed by atoms with Crippen molar-refractivity contribution in [3.05, 3.63) is 53.9 Å². The second kappa shape index (κ2) is 25.5. The van der Waals surface area contributed by atoms with Gasteiger partial charge in [-0.3, -0.25) is 19.2 Å². The second-order valence-corrected chi connectivity index (χ2v) is 20.4. The number of carbonyl (C=O) groups is 6. The third kappa shape index (κ3) is 14.1. The first-order chi connectivity index (χ1) is 32.8. The highest BCUT2D eigenvalue weighted by atomic mass is 16.6. The fourth-order valence-corrected chi connectivity index (χ4v) is 10.6. The summed E-state index contributed by atoms with van der Waals surface area (Å²) in [5.74, 6) is -8.88. The number of allylic oxidation sites excluding steroid dienone is 7. The van der Waals surface area contributed by atoms with E-state index in [-0.39, 0.29) is 67.3 Å². The number of aliphatic hydroxyl groups is 2. The van der Waals surface area contributed by atoms with Gasteiger partial charge in [0.2, 0.25) is 5.79 Å². The van der Waals surface area contributed by atoms with Crippen molar-refractivity contribution < 1.29 is 57.9 Å². The van der Waals surface area contributed by atoms with E-state index in [0.29, 0.717) is 56.9 Å². The number of piperidine rings is 1. The molecule has 15 atom stereocenters. The van der Waals surface area contributed by atoms with Gasteiger partial charge in [-0.2, -0.15) is 4.80 Å². The maximum Gasteiger partial charge on any atom is 0.329 e. The predicted molar refractivity (Wildman–Crippen MR) is 255 cm³/mol. The molecule has 17 heteroatoms. The van der Waals surface area contributed by atoms with E-state index in [2.05, 4.69) is 15.4 Å². The SMILES string of the molecule is CO[C@@H]1C[C@H](C[C@@H](C)[C@@H]2CC(=O)[C@H](C)/C=C(\C)[C@@H](O)[C@@H](OC)C(=O)[C@H](C)C[C@H](C)/C=C/C=C/C=C(\C)[C@@H](C=O)C[C@@H]3CC[C@@H](C)[C@@](O)(O3)C(=O)C(=O)N3CCCC[C@H]3C(=O)O2)CC[C@@H]1n1ncnn1. The fourth-order valence-electron chi connectivity index (χ4n) is 10.6. The summed E-state index contributed by atoms with van der Waals surface area (Å²) >= 11 is 0. The van der Waals surface area contributed by atoms with E-state index in [1.165, 1.54) is 18.3 Å². The number of nitrogens with zero attached hydrogens (tertiary/aromatic N) is 5. The van der Waals surface area contributed by atoms with Crippen LogP contribution in [0.5, 0.6) is 0 Å². The van der Waals surface area contributed by atoms with Crippen LogP contribution in [0.1, 0.15) is 132 Å². The zero-order valence-corrected chi connectivity index (χ0v) is 42.1. The van der Waals surface area contributed by atoms with Gasteiger partial charge in [-0.1, -0.05) is 76.6 Å². The van der Waals surface area contributed by atoms with Gasteiger partial charge in [-0.25, -0.2) is 4.79 Å². The summed E-state index contributed by atoms with van der Waals surface area (Å²) in [6, 6.07) is -1.28. The number of ketones is 3. The van der Waals surface area contributed by atoms with Gasteiger partial charge in [0.15, 0.2) is 12.1 Å². The molecule has 1 aromatic rings. The van der Waals surface area contributed by atoms with E-state index >= 15 is 0 Å². The lowest BCUT2D eigenvalue weighted by atomic mass is 9.77. The molecule has 382 valence electrons. The lowest BCUT2D eigenvalue weighted by molar-refractivity contribution is -0.264. The zero-order chi connectivity index (χ0) is 50.6. The summed E-state index contributed by atoms with van der Waals surface area (Å²) in [6.07, 6.45) is 13.9. The van der Waals surface area contributed by atoms with Gasteiger partial charge < -0.3 is 38.9 Å². The average Bonchev–Trinajstić information content (AvgIpc) is 3.88. The van der Waals surface area contributed by atoms with Crippen molar-refractivity contribution in [3.8, 4) is 0 Å². The Bertz CT molecular complexity index is 2050. The third-order valence-corrected chi connectivity index (χ3v) is 15.1. The molecule has 0 aromatic carbocycles. The van der Waals surface area contributed by atoms with Crippen LogP contribution in [0.4, 0.5) is 0 Å². The Morgan fingerprint density at radius 3 is 2.36 bits per heavy atom. The minimum atomic E-state index is -2.49. The number of amides is 1. The number of methoxy groups -OCH3 is 2. The predicted octanol–water partition coefficient (Wildman–Crippen LogP) is 5.85. The van der Waals surface area contributed by atoms with Crippen molar-refractivity contribution in [1.29, 1.82) is 0 Å². The fraction of sp³-hybridized carbons (Fsp3) is 0.712. The van der Waals surface area contributed by atoms with E-state index in [0.717, 1.165) is 18.3 Å². The zero-order valence-electron chi connectivity index (χ0n) is 42.1. The number of aromatic nitrogens is 4. The molecule has 4 heterocycles. The van der Waals surface area contributed by atoms with Crippen LogP contribution < -0.4 is 0 Å². The number of fused-ring (bicyclic) bond motifs is 3. The number of tetrazole rings is 1. The van der Waals surface area contributed by atoms with Crippen LogP contribution in [-0.4, -0.2) is 134 Å². The van der Waals surface area contributed by atoms with Crippen LogP contribution in [0.25, 0.3) is 0 Å². The molecule has 1 aliphatic carbocycles. The highest BCUT2D eigenvalue weighted by Gasteiger charge is 2.53. The molecule has 0 spiro atoms. The number of ether oxygens (including phenoxy) is 4. The molecule has 2 saturated heterocycles. The van der Waals surface area contributed by atoms with E-state index in [4.69, 9.17) is 18.9 Å². The summed E-state index contributed by atoms with van der Waals surface area (Å²) in [5, 5.41) is 35.6. The van der Waals surface area contributed by atoms with Crippen molar-refractivity contribution in [2.45, 2.75) is 174 Å². The normalized spacial score (nSPS) is 38.7. The van der Waals surface area contributed by atoms with Crippen molar-refractivity contribution in [1.82, 2.24) is 25.1 Å². The molecule has 5 rings (SSSR count). The van der Waals surface area contributed by atoms with Gasteiger partial charge in [-0.15, -0.1) is 10.2 Å². The quantitative estimate of drug-likeness (QED) is 0.142. The minimum absolute atomic E-state index is 0.0147. The largest absolute Gasteiger partial charge is 0.460 e. The Morgan fingerprint density at radius 2 is 1.68 bits per heavy atom. The molecule has 1 amide bonds. The third-order valence-electron chi connectivity index (χ3n) is 15.1. The lowest BCUT2D eigenvalue weighted by Gasteiger charge is -2.42. The number of hydrogen-bond acceptors (Lipinski definition) is 15. The highest BCUT2D eigenvalue weighted by molar-refractivity contribution is 6.39. The number of carbonyl (C=O) groups excluding carboxylic acids is 6. The summed E-state index contributed by atoms with van der Waals surface area (Å²) in [4.78, 5) is 86.1. The second-order valence-electron chi connectivity index (χ2n) is 20.4. The van der Waals surface area contributed by atoms with E-state index in [1.54, 1.807) is 57.8 Å². The molecule has 1 saturated carbocycles. The molecule has 3 fully saturated rings. The number of hydrogen-bond donors (Lipinski definition) is 2. The van der Waals surface area contributed by atoms with Gasteiger partial charge in [0.25, 0.3) is 11.7 Å². The molecular formula is C52H77N5O12. The van der Waals surface area contributed by atoms with E-state index in [9.17, 15) is 39.0 Å². The maximum atomic E-state index is 14.5. The number of aliphatic hydroxyl groups excluding tert-OH is 1. The van der Waals surface area contributed by atoms with Crippen LogP contribution in [0.15, 0.2) is 53.9 Å². The van der Waals surface area contributed by atoms with Crippen molar-refractivity contribution in [2.24, 2.45) is 41.4 Å². The summed E-state index contributed by atoms with van der Waals surface area (Å²) in [6.45, 7) is 12.6. The summed E-state index contributed by atoms with van der Waals surface area (Å²) in [5.41, 5.74) is 1.11. The van der Waals surface area contributed by atoms with Crippen LogP contribution in [0, 0.1) is 41.4 Å². The highest BCUT2D eigenvalue weighted by Crippen LogP contribution is 2.39. The Labute approximate surface area is 407 Å². The first-order valence-electron chi connectivity index (χ1n) is 25.0. The van der Waals surface area contributed by atoms with Crippen LogP contribution in [0.3, 0.4) is 0 Å². The first kappa shape index (κ1) is 55.4. The van der Waals surface area contributed by atoms with Gasteiger partial charge in [0.1, 0.15) is 36.4 Å². The molecule has 3 aliphatic heterocycles. The molecule has 0 unspecified atom stereocenters. The molecule has 2 N–H and O–H groups in total. The molecule has 1 aromatic heterocycles. The van der Waals surface area contributed by atoms with Gasteiger partial charge >= 0.3 is 5.97 Å². The maximum absolute atomic E-state index is 14.5. The molecule has 4 aliphatic rings.